The van der Waals surface area contributed by atoms with E-state index < -0.39 is 70.7 Å². The molecule has 0 fully saturated rings. The third-order valence-electron chi connectivity index (χ3n) is 5.20. The van der Waals surface area contributed by atoms with Gasteiger partial charge in [-0.3, -0.25) is 4.79 Å². The highest BCUT2D eigenvalue weighted by Gasteiger charge is 2.42. The van der Waals surface area contributed by atoms with Crippen LogP contribution in [-0.4, -0.2) is 40.0 Å². The number of aromatic nitrogens is 2. The standard InChI is InChI=1S/C22H18F6N4O4/c1-9(22(26,27)28)17-16(29)19(21(34)35)32(31-17)18-13(24)5-10(6-14(18)25)8-30-20(33)12-7-11(23)3-4-15(12)36-2/h3-7,9H,8,29H2,1-2H3,(H,30,33)(H,34,35). The zero-order chi connectivity index (χ0) is 26.9. The summed E-state index contributed by atoms with van der Waals surface area (Å²) in [6.45, 7) is 0.219. The molecule has 1 amide bonds. The van der Waals surface area contributed by atoms with E-state index in [0.29, 0.717) is 6.92 Å². The normalized spacial score (nSPS) is 12.3. The molecule has 0 radical (unpaired) electrons. The molecule has 14 heteroatoms. The lowest BCUT2D eigenvalue weighted by atomic mass is 10.1. The first-order valence-corrected chi connectivity index (χ1v) is 10.0. The maximum atomic E-state index is 14.9. The zero-order valence-corrected chi connectivity index (χ0v) is 18.6. The van der Waals surface area contributed by atoms with Gasteiger partial charge < -0.3 is 20.9 Å². The van der Waals surface area contributed by atoms with Gasteiger partial charge in [0.15, 0.2) is 17.3 Å². The van der Waals surface area contributed by atoms with Gasteiger partial charge in [0, 0.05) is 6.54 Å². The number of nitrogens with one attached hydrogen (secondary N) is 1. The van der Waals surface area contributed by atoms with E-state index in [9.17, 15) is 41.0 Å². The molecule has 1 atom stereocenters. The van der Waals surface area contributed by atoms with E-state index in [0.717, 1.165) is 24.3 Å². The number of carbonyl (C=O) groups excluding carboxylic acids is 1. The number of hydrogen-bond acceptors (Lipinski definition) is 5. The van der Waals surface area contributed by atoms with E-state index in [1.54, 1.807) is 0 Å². The molecule has 36 heavy (non-hydrogen) atoms. The number of hydrogen-bond donors (Lipinski definition) is 3. The average Bonchev–Trinajstić information content (AvgIpc) is 3.12. The predicted molar refractivity (Wildman–Crippen MR) is 113 cm³/mol. The Morgan fingerprint density at radius 3 is 2.31 bits per heavy atom. The van der Waals surface area contributed by atoms with E-state index in [4.69, 9.17) is 10.5 Å². The summed E-state index contributed by atoms with van der Waals surface area (Å²) in [7, 11) is 1.25. The summed E-state index contributed by atoms with van der Waals surface area (Å²) in [5.41, 5.74) is 1.27. The van der Waals surface area contributed by atoms with Crippen LogP contribution in [0.2, 0.25) is 0 Å². The number of carbonyl (C=O) groups is 2. The molecule has 0 saturated carbocycles. The number of amides is 1. The summed E-state index contributed by atoms with van der Waals surface area (Å²) in [6, 6.07) is 4.61. The molecule has 1 aromatic heterocycles. The lowest BCUT2D eigenvalue weighted by Crippen LogP contribution is -2.24. The second-order valence-electron chi connectivity index (χ2n) is 7.56. The van der Waals surface area contributed by atoms with Crippen LogP contribution < -0.4 is 15.8 Å². The molecule has 1 heterocycles. The van der Waals surface area contributed by atoms with Crippen molar-refractivity contribution >= 4 is 17.6 Å². The van der Waals surface area contributed by atoms with Crippen molar-refractivity contribution in [3.05, 3.63) is 70.3 Å². The van der Waals surface area contributed by atoms with Crippen molar-refractivity contribution in [3.63, 3.8) is 0 Å². The number of nitrogens with two attached hydrogens (primary N) is 1. The molecule has 192 valence electrons. The molecule has 3 aromatic rings. The lowest BCUT2D eigenvalue weighted by molar-refractivity contribution is -0.147. The summed E-state index contributed by atoms with van der Waals surface area (Å²) in [5, 5.41) is 15.2. The summed E-state index contributed by atoms with van der Waals surface area (Å²) in [5.74, 6) is -8.47. The first-order valence-electron chi connectivity index (χ1n) is 10.0. The molecule has 0 saturated heterocycles. The Hall–Kier alpha value is -4.23. The van der Waals surface area contributed by atoms with Gasteiger partial charge in [-0.05, 0) is 42.8 Å². The summed E-state index contributed by atoms with van der Waals surface area (Å²) >= 11 is 0. The van der Waals surface area contributed by atoms with Gasteiger partial charge in [-0.15, -0.1) is 0 Å². The monoisotopic (exact) mass is 516 g/mol. The highest BCUT2D eigenvalue weighted by Crippen LogP contribution is 2.38. The quantitative estimate of drug-likeness (QED) is 0.406. The first kappa shape index (κ1) is 26.4. The Bertz CT molecular complexity index is 1320. The van der Waals surface area contributed by atoms with Crippen molar-refractivity contribution < 1.29 is 45.8 Å². The van der Waals surface area contributed by atoms with Crippen LogP contribution in [0.3, 0.4) is 0 Å². The van der Waals surface area contributed by atoms with Gasteiger partial charge in [0.2, 0.25) is 0 Å². The number of halogens is 6. The van der Waals surface area contributed by atoms with Crippen molar-refractivity contribution in [1.82, 2.24) is 15.1 Å². The Morgan fingerprint density at radius 1 is 1.17 bits per heavy atom. The van der Waals surface area contributed by atoms with Crippen LogP contribution in [0.25, 0.3) is 5.69 Å². The van der Waals surface area contributed by atoms with Gasteiger partial charge in [0.05, 0.1) is 30.0 Å². The number of carboxylic acids is 1. The van der Waals surface area contributed by atoms with E-state index in [1.165, 1.54) is 13.2 Å². The second kappa shape index (κ2) is 9.79. The third-order valence-corrected chi connectivity index (χ3v) is 5.20. The number of rotatable bonds is 7. The molecule has 2 aromatic carbocycles. The van der Waals surface area contributed by atoms with Gasteiger partial charge in [0.1, 0.15) is 17.3 Å². The maximum absolute atomic E-state index is 14.9. The molecule has 0 aliphatic heterocycles. The fourth-order valence-corrected chi connectivity index (χ4v) is 3.35. The maximum Gasteiger partial charge on any atom is 0.397 e. The van der Waals surface area contributed by atoms with Crippen molar-refractivity contribution in [2.75, 3.05) is 12.8 Å². The Morgan fingerprint density at radius 2 is 1.78 bits per heavy atom. The molecule has 4 N–H and O–H groups in total. The van der Waals surface area contributed by atoms with Crippen molar-refractivity contribution in [2.45, 2.75) is 25.6 Å². The van der Waals surface area contributed by atoms with Crippen LogP contribution in [0.5, 0.6) is 5.75 Å². The van der Waals surface area contributed by atoms with Crippen LogP contribution in [0.1, 0.15) is 44.9 Å². The van der Waals surface area contributed by atoms with Crippen LogP contribution in [0, 0.1) is 17.5 Å². The number of alkyl halides is 3. The van der Waals surface area contributed by atoms with Crippen LogP contribution in [0.15, 0.2) is 30.3 Å². The number of ether oxygens (including phenoxy) is 1. The fourth-order valence-electron chi connectivity index (χ4n) is 3.35. The minimum absolute atomic E-state index is 0.0444. The number of nitrogen functional groups attached to an aromatic ring is 1. The van der Waals surface area contributed by atoms with E-state index in [2.05, 4.69) is 10.4 Å². The van der Waals surface area contributed by atoms with Gasteiger partial charge >= 0.3 is 12.1 Å². The number of benzene rings is 2. The largest absolute Gasteiger partial charge is 0.496 e. The van der Waals surface area contributed by atoms with Crippen molar-refractivity contribution in [1.29, 1.82) is 0 Å². The number of carboxylic acid groups (broad SMARTS) is 1. The van der Waals surface area contributed by atoms with E-state index in [1.807, 2.05) is 0 Å². The van der Waals surface area contributed by atoms with Crippen molar-refractivity contribution in [3.8, 4) is 11.4 Å². The minimum atomic E-state index is -4.85. The second-order valence-corrected chi connectivity index (χ2v) is 7.56. The minimum Gasteiger partial charge on any atom is -0.496 e. The smallest absolute Gasteiger partial charge is 0.397 e. The van der Waals surface area contributed by atoms with Gasteiger partial charge in [-0.25, -0.2) is 22.6 Å². The molecular weight excluding hydrogens is 498 g/mol. The highest BCUT2D eigenvalue weighted by molar-refractivity contribution is 5.97. The molecule has 1 unspecified atom stereocenters. The number of methoxy groups -OCH3 is 1. The van der Waals surface area contributed by atoms with Gasteiger partial charge in [-0.1, -0.05) is 0 Å². The zero-order valence-electron chi connectivity index (χ0n) is 18.6. The molecule has 3 rings (SSSR count). The number of nitrogens with zero attached hydrogens (tertiary/aromatic N) is 2. The fraction of sp³-hybridized carbons (Fsp3) is 0.227. The molecule has 8 nitrogen and oxygen atoms in total. The lowest BCUT2D eigenvalue weighted by Gasteiger charge is -2.13. The van der Waals surface area contributed by atoms with E-state index in [-0.39, 0.29) is 21.6 Å². The molecule has 0 bridgehead atoms. The third kappa shape index (κ3) is 5.06. The molecular formula is C22H18F6N4O4. The summed E-state index contributed by atoms with van der Waals surface area (Å²) in [6.07, 6.45) is -4.85. The highest BCUT2D eigenvalue weighted by atomic mass is 19.4. The van der Waals surface area contributed by atoms with Gasteiger partial charge in [-0.2, -0.15) is 18.3 Å². The van der Waals surface area contributed by atoms with Crippen LogP contribution >= 0.6 is 0 Å². The Kier molecular flexibility index (Phi) is 7.17. The van der Waals surface area contributed by atoms with E-state index >= 15 is 0 Å². The Labute approximate surface area is 199 Å². The summed E-state index contributed by atoms with van der Waals surface area (Å²) in [4.78, 5) is 24.0. The van der Waals surface area contributed by atoms with Crippen LogP contribution in [-0.2, 0) is 6.54 Å². The topological polar surface area (TPSA) is 119 Å². The van der Waals surface area contributed by atoms with Crippen molar-refractivity contribution in [2.24, 2.45) is 0 Å². The van der Waals surface area contributed by atoms with Gasteiger partial charge in [0.25, 0.3) is 5.91 Å². The Balaban J connectivity index is 1.96. The first-order chi connectivity index (χ1) is 16.8. The van der Waals surface area contributed by atoms with Crippen LogP contribution in [0.4, 0.5) is 32.0 Å². The number of anilines is 1. The number of aromatic carboxylic acids is 1. The summed E-state index contributed by atoms with van der Waals surface area (Å²) < 4.78 is 87.9. The SMILES string of the molecule is COc1ccc(F)cc1C(=O)NCc1cc(F)c(-n2nc(C(C)C(F)(F)F)c(N)c2C(=O)O)c(F)c1. The molecule has 0 aliphatic rings. The average molecular weight is 516 g/mol. The predicted octanol–water partition coefficient (Wildman–Crippen LogP) is 4.17. The molecule has 0 spiro atoms. The molecule has 0 aliphatic carbocycles.